The summed E-state index contributed by atoms with van der Waals surface area (Å²) in [4.78, 5) is 35.5. The first-order valence-electron chi connectivity index (χ1n) is 11.8. The summed E-state index contributed by atoms with van der Waals surface area (Å²) < 4.78 is 26.5. The predicted octanol–water partition coefficient (Wildman–Crippen LogP) is 3.90. The fourth-order valence-electron chi connectivity index (χ4n) is 5.25. The van der Waals surface area contributed by atoms with E-state index in [-0.39, 0.29) is 23.1 Å². The summed E-state index contributed by atoms with van der Waals surface area (Å²) >= 11 is 6.04. The molecule has 188 valence electrons. The van der Waals surface area contributed by atoms with Crippen LogP contribution in [-0.4, -0.2) is 73.1 Å². The molecule has 0 radical (unpaired) electrons. The summed E-state index contributed by atoms with van der Waals surface area (Å²) in [6, 6.07) is 13.7. The van der Waals surface area contributed by atoms with Gasteiger partial charge in [-0.25, -0.2) is 13.2 Å². The van der Waals surface area contributed by atoms with E-state index >= 15 is 0 Å². The van der Waals surface area contributed by atoms with E-state index in [1.807, 2.05) is 19.1 Å². The van der Waals surface area contributed by atoms with Gasteiger partial charge in [-0.05, 0) is 66.9 Å². The van der Waals surface area contributed by atoms with Gasteiger partial charge in [-0.2, -0.15) is 0 Å². The van der Waals surface area contributed by atoms with Crippen molar-refractivity contribution < 1.29 is 18.0 Å². The summed E-state index contributed by atoms with van der Waals surface area (Å²) in [7, 11) is -2.23. The van der Waals surface area contributed by atoms with E-state index < -0.39 is 21.4 Å². The van der Waals surface area contributed by atoms with E-state index in [4.69, 9.17) is 11.6 Å². The summed E-state index contributed by atoms with van der Waals surface area (Å²) in [6.45, 7) is 3.03. The monoisotopic (exact) mass is 526 g/mol. The number of imide groups is 1. The third-order valence-corrected chi connectivity index (χ3v) is 9.22. The van der Waals surface area contributed by atoms with Crippen molar-refractivity contribution in [1.82, 2.24) is 14.8 Å². The molecule has 2 saturated heterocycles. The van der Waals surface area contributed by atoms with Crippen LogP contribution < -0.4 is 4.90 Å². The number of likely N-dealkylation sites (N-methyl/N-ethyl adjacent to an activating group) is 1. The maximum atomic E-state index is 13.2. The van der Waals surface area contributed by atoms with Crippen LogP contribution in [-0.2, 0) is 14.6 Å². The number of aryl methyl sites for hydroxylation is 1. The van der Waals surface area contributed by atoms with Gasteiger partial charge in [0.1, 0.15) is 5.54 Å². The standard InChI is InChI=1S/C26H27ClN4O4S/c1-18-15-22(7-10-28-18)30-11-8-26(9-12-30)24(32)29(2)25(33)31(26)13-14-36(34,35)23-6-4-19-16-21(27)5-3-20(19)17-23/h3-7,10,15-17H,8-9,11-14H2,1-2H3. The summed E-state index contributed by atoms with van der Waals surface area (Å²) in [6.07, 6.45) is 2.62. The number of anilines is 1. The van der Waals surface area contributed by atoms with E-state index in [0.717, 1.165) is 27.1 Å². The lowest BCUT2D eigenvalue weighted by molar-refractivity contribution is -0.133. The number of piperidine rings is 1. The average Bonchev–Trinajstić information content (AvgIpc) is 3.03. The number of carbonyl (C=O) groups is 2. The molecule has 0 bridgehead atoms. The quantitative estimate of drug-likeness (QED) is 0.468. The van der Waals surface area contributed by atoms with Gasteiger partial charge in [-0.1, -0.05) is 23.7 Å². The van der Waals surface area contributed by atoms with Crippen molar-refractivity contribution in [2.24, 2.45) is 0 Å². The zero-order chi connectivity index (χ0) is 25.7. The van der Waals surface area contributed by atoms with Crippen LogP contribution in [0.1, 0.15) is 18.5 Å². The third-order valence-electron chi connectivity index (χ3n) is 7.29. The lowest BCUT2D eigenvalue weighted by atomic mass is 9.85. The first-order chi connectivity index (χ1) is 17.1. The van der Waals surface area contributed by atoms with Crippen LogP contribution in [0.25, 0.3) is 10.8 Å². The Hall–Kier alpha value is -3.17. The maximum Gasteiger partial charge on any atom is 0.327 e. The van der Waals surface area contributed by atoms with Gasteiger partial charge in [-0.15, -0.1) is 0 Å². The van der Waals surface area contributed by atoms with Crippen molar-refractivity contribution in [3.63, 3.8) is 0 Å². The van der Waals surface area contributed by atoms with E-state index in [2.05, 4.69) is 9.88 Å². The molecule has 0 aliphatic carbocycles. The maximum absolute atomic E-state index is 13.2. The number of sulfone groups is 1. The molecule has 1 aromatic heterocycles. The number of halogens is 1. The average molecular weight is 527 g/mol. The molecular formula is C26H27ClN4O4S. The molecule has 5 rings (SSSR count). The van der Waals surface area contributed by atoms with Gasteiger partial charge in [0.15, 0.2) is 9.84 Å². The van der Waals surface area contributed by atoms with E-state index in [9.17, 15) is 18.0 Å². The highest BCUT2D eigenvalue weighted by atomic mass is 35.5. The number of hydrogen-bond acceptors (Lipinski definition) is 6. The number of hydrogen-bond donors (Lipinski definition) is 0. The summed E-state index contributed by atoms with van der Waals surface area (Å²) in [5.41, 5.74) is 0.900. The Labute approximate surface area is 215 Å². The van der Waals surface area contributed by atoms with Crippen molar-refractivity contribution in [2.75, 3.05) is 37.3 Å². The van der Waals surface area contributed by atoms with Crippen LogP contribution in [0.15, 0.2) is 59.6 Å². The van der Waals surface area contributed by atoms with Crippen LogP contribution in [0.3, 0.4) is 0 Å². The Morgan fingerprint density at radius 1 is 1.00 bits per heavy atom. The number of pyridine rings is 1. The predicted molar refractivity (Wildman–Crippen MR) is 139 cm³/mol. The molecule has 36 heavy (non-hydrogen) atoms. The highest BCUT2D eigenvalue weighted by Gasteiger charge is 2.56. The Bertz CT molecular complexity index is 1470. The molecule has 0 N–H and O–H groups in total. The number of rotatable bonds is 5. The fourth-order valence-corrected chi connectivity index (χ4v) is 6.67. The number of carbonyl (C=O) groups excluding carboxylic acids is 2. The van der Waals surface area contributed by atoms with Crippen LogP contribution >= 0.6 is 11.6 Å². The van der Waals surface area contributed by atoms with Gasteiger partial charge >= 0.3 is 6.03 Å². The molecule has 0 atom stereocenters. The minimum atomic E-state index is -3.70. The van der Waals surface area contributed by atoms with Crippen molar-refractivity contribution in [1.29, 1.82) is 0 Å². The molecule has 10 heteroatoms. The normalized spacial score (nSPS) is 18.0. The van der Waals surface area contributed by atoms with E-state index in [1.54, 1.807) is 42.6 Å². The highest BCUT2D eigenvalue weighted by Crippen LogP contribution is 2.38. The van der Waals surface area contributed by atoms with Crippen LogP contribution in [0.5, 0.6) is 0 Å². The van der Waals surface area contributed by atoms with Gasteiger partial charge in [0.2, 0.25) is 0 Å². The first kappa shape index (κ1) is 24.5. The Kier molecular flexibility index (Phi) is 6.16. The zero-order valence-corrected chi connectivity index (χ0v) is 21.7. The molecule has 2 aliphatic heterocycles. The molecule has 1 spiro atoms. The van der Waals surface area contributed by atoms with E-state index in [1.165, 1.54) is 11.9 Å². The molecule has 3 heterocycles. The van der Waals surface area contributed by atoms with Crippen molar-refractivity contribution >= 4 is 49.8 Å². The Morgan fingerprint density at radius 2 is 1.69 bits per heavy atom. The number of benzene rings is 2. The third kappa shape index (κ3) is 4.20. The van der Waals surface area contributed by atoms with Gasteiger partial charge < -0.3 is 9.80 Å². The molecule has 2 aromatic carbocycles. The second-order valence-corrected chi connectivity index (χ2v) is 12.0. The summed E-state index contributed by atoms with van der Waals surface area (Å²) in [5.74, 6) is -0.536. The number of fused-ring (bicyclic) bond motifs is 1. The lowest BCUT2D eigenvalue weighted by Crippen LogP contribution is -2.57. The topological polar surface area (TPSA) is 90.9 Å². The molecule has 3 amide bonds. The van der Waals surface area contributed by atoms with Crippen LogP contribution in [0, 0.1) is 6.92 Å². The second kappa shape index (κ2) is 9.05. The zero-order valence-electron chi connectivity index (χ0n) is 20.1. The van der Waals surface area contributed by atoms with Crippen molar-refractivity contribution in [3.05, 3.63) is 65.4 Å². The van der Waals surface area contributed by atoms with Gasteiger partial charge in [0.25, 0.3) is 5.91 Å². The van der Waals surface area contributed by atoms with Gasteiger partial charge in [0.05, 0.1) is 10.6 Å². The number of aromatic nitrogens is 1. The van der Waals surface area contributed by atoms with E-state index in [0.29, 0.717) is 31.0 Å². The minimum absolute atomic E-state index is 0.0513. The van der Waals surface area contributed by atoms with Crippen LogP contribution in [0.4, 0.5) is 10.5 Å². The van der Waals surface area contributed by atoms with Crippen molar-refractivity contribution in [3.8, 4) is 0 Å². The van der Waals surface area contributed by atoms with Gasteiger partial charge in [-0.3, -0.25) is 14.7 Å². The molecular weight excluding hydrogens is 500 g/mol. The Morgan fingerprint density at radius 3 is 2.42 bits per heavy atom. The summed E-state index contributed by atoms with van der Waals surface area (Å²) in [5, 5.41) is 2.19. The molecule has 3 aromatic rings. The Balaban J connectivity index is 1.36. The molecule has 2 fully saturated rings. The molecule has 0 saturated carbocycles. The largest absolute Gasteiger partial charge is 0.371 e. The number of urea groups is 1. The molecule has 0 unspecified atom stereocenters. The second-order valence-electron chi connectivity index (χ2n) is 9.44. The number of amides is 3. The smallest absolute Gasteiger partial charge is 0.327 e. The fraction of sp³-hybridized carbons (Fsp3) is 0.346. The molecule has 8 nitrogen and oxygen atoms in total. The van der Waals surface area contributed by atoms with Crippen molar-refractivity contribution in [2.45, 2.75) is 30.2 Å². The highest BCUT2D eigenvalue weighted by molar-refractivity contribution is 7.91. The lowest BCUT2D eigenvalue weighted by Gasteiger charge is -2.43. The number of nitrogens with zero attached hydrogens (tertiary/aromatic N) is 4. The molecule has 2 aliphatic rings. The first-order valence-corrected chi connectivity index (χ1v) is 13.8. The SMILES string of the molecule is Cc1cc(N2CCC3(CC2)C(=O)N(C)C(=O)N3CCS(=O)(=O)c2ccc3cc(Cl)ccc3c2)ccn1. The minimum Gasteiger partial charge on any atom is -0.371 e. The van der Waals surface area contributed by atoms with Gasteiger partial charge in [0, 0.05) is 49.3 Å². The van der Waals surface area contributed by atoms with Crippen LogP contribution in [0.2, 0.25) is 5.02 Å².